The van der Waals surface area contributed by atoms with E-state index < -0.39 is 15.7 Å². The number of nitrogens with one attached hydrogen (secondary N) is 2. The molecule has 3 aromatic carbocycles. The molecule has 0 aromatic heterocycles. The number of hydrazine groups is 1. The molecule has 0 aliphatic carbocycles. The fourth-order valence-electron chi connectivity index (χ4n) is 5.05. The maximum atomic E-state index is 13.7. The Bertz CT molecular complexity index is 1460. The Balaban J connectivity index is 1.44. The van der Waals surface area contributed by atoms with Crippen molar-refractivity contribution in [2.24, 2.45) is 0 Å². The zero-order valence-corrected chi connectivity index (χ0v) is 22.3. The average Bonchev–Trinajstić information content (AvgIpc) is 3.42. The third-order valence-corrected chi connectivity index (χ3v) is 8.88. The highest BCUT2D eigenvalue weighted by Gasteiger charge is 2.36. The lowest BCUT2D eigenvalue weighted by Gasteiger charge is -2.24. The molecule has 2 N–H and O–H groups in total. The quantitative estimate of drug-likeness (QED) is 0.429. The first kappa shape index (κ1) is 26.1. The van der Waals surface area contributed by atoms with Crippen LogP contribution in [0, 0.1) is 6.92 Å². The second kappa shape index (κ2) is 11.1. The van der Waals surface area contributed by atoms with Crippen molar-refractivity contribution in [2.45, 2.75) is 42.5 Å². The van der Waals surface area contributed by atoms with Gasteiger partial charge in [-0.3, -0.25) is 9.59 Å². The largest absolute Gasteiger partial charge is 0.352 e. The third-order valence-electron chi connectivity index (χ3n) is 7.02. The summed E-state index contributed by atoms with van der Waals surface area (Å²) in [6, 6.07) is 18.4. The molecule has 0 atom stereocenters. The molecule has 9 heteroatoms. The van der Waals surface area contributed by atoms with Crippen molar-refractivity contribution in [1.29, 1.82) is 0 Å². The molecule has 3 aromatic rings. The molecule has 0 unspecified atom stereocenters. The standard InChI is InChI=1S/C29H32N4O4S/c1-21-8-6-9-22(18-21)20-31-33-25-19-23(28(34)30-14-7-17-32-15-4-5-16-32)12-13-27(25)38(36,37)26-11-3-2-10-24(26)29(33)35/h2-3,6,8-13,18-19,31H,4-5,7,14-17,20H2,1H3,(H,30,34). The minimum Gasteiger partial charge on any atom is -0.352 e. The van der Waals surface area contributed by atoms with Gasteiger partial charge in [-0.25, -0.2) is 18.9 Å². The highest BCUT2D eigenvalue weighted by atomic mass is 32.2. The van der Waals surface area contributed by atoms with Crippen LogP contribution in [0.1, 0.15) is 51.1 Å². The Labute approximate surface area is 223 Å². The van der Waals surface area contributed by atoms with E-state index in [1.165, 1.54) is 48.2 Å². The van der Waals surface area contributed by atoms with Gasteiger partial charge in [0.15, 0.2) is 0 Å². The van der Waals surface area contributed by atoms with Gasteiger partial charge in [0.25, 0.3) is 11.8 Å². The number of nitrogens with zero attached hydrogens (tertiary/aromatic N) is 2. The van der Waals surface area contributed by atoms with E-state index in [1.54, 1.807) is 12.1 Å². The van der Waals surface area contributed by atoms with Crippen LogP contribution in [0.2, 0.25) is 0 Å². The zero-order valence-electron chi connectivity index (χ0n) is 21.4. The second-order valence-corrected chi connectivity index (χ2v) is 11.7. The Morgan fingerprint density at radius 1 is 0.947 bits per heavy atom. The minimum atomic E-state index is -4.01. The van der Waals surface area contributed by atoms with Crippen LogP contribution in [0.4, 0.5) is 5.69 Å². The number of aryl methyl sites for hydroxylation is 1. The van der Waals surface area contributed by atoms with Crippen LogP contribution in [-0.2, 0) is 16.4 Å². The van der Waals surface area contributed by atoms with Gasteiger partial charge in [0.1, 0.15) is 0 Å². The first-order chi connectivity index (χ1) is 18.3. The van der Waals surface area contributed by atoms with Gasteiger partial charge in [0, 0.05) is 18.7 Å². The molecule has 0 spiro atoms. The molecule has 1 saturated heterocycles. The Morgan fingerprint density at radius 2 is 1.74 bits per heavy atom. The molecule has 2 aliphatic rings. The van der Waals surface area contributed by atoms with E-state index >= 15 is 0 Å². The molecule has 2 aliphatic heterocycles. The van der Waals surface area contributed by atoms with E-state index in [1.807, 2.05) is 31.2 Å². The summed E-state index contributed by atoms with van der Waals surface area (Å²) >= 11 is 0. The van der Waals surface area contributed by atoms with Gasteiger partial charge in [0.2, 0.25) is 9.84 Å². The van der Waals surface area contributed by atoms with Crippen LogP contribution in [0.3, 0.4) is 0 Å². The van der Waals surface area contributed by atoms with Crippen LogP contribution >= 0.6 is 0 Å². The molecule has 38 heavy (non-hydrogen) atoms. The summed E-state index contributed by atoms with van der Waals surface area (Å²) in [6.07, 6.45) is 3.28. The number of fused-ring (bicyclic) bond motifs is 2. The van der Waals surface area contributed by atoms with Crippen molar-refractivity contribution >= 4 is 27.3 Å². The highest BCUT2D eigenvalue weighted by molar-refractivity contribution is 7.91. The van der Waals surface area contributed by atoms with Crippen LogP contribution in [-0.4, -0.2) is 51.3 Å². The first-order valence-corrected chi connectivity index (χ1v) is 14.4. The lowest BCUT2D eigenvalue weighted by Crippen LogP contribution is -2.43. The Hall–Kier alpha value is -3.53. The molecule has 0 radical (unpaired) electrons. The number of carbonyl (C=O) groups is 2. The SMILES string of the molecule is Cc1cccc(CNN2C(=O)c3ccccc3S(=O)(=O)c3ccc(C(=O)NCCCN4CCCC4)cc32)c1. The summed E-state index contributed by atoms with van der Waals surface area (Å²) in [4.78, 5) is 29.0. The Morgan fingerprint density at radius 3 is 2.53 bits per heavy atom. The lowest BCUT2D eigenvalue weighted by molar-refractivity contribution is 0.0946. The summed E-state index contributed by atoms with van der Waals surface area (Å²) in [7, 11) is -4.01. The molecule has 2 heterocycles. The smallest absolute Gasteiger partial charge is 0.274 e. The van der Waals surface area contributed by atoms with Crippen molar-refractivity contribution in [3.63, 3.8) is 0 Å². The zero-order chi connectivity index (χ0) is 26.7. The normalized spacial score (nSPS) is 16.6. The summed E-state index contributed by atoms with van der Waals surface area (Å²) < 4.78 is 27.3. The van der Waals surface area contributed by atoms with E-state index in [4.69, 9.17) is 0 Å². The summed E-state index contributed by atoms with van der Waals surface area (Å²) in [5.41, 5.74) is 5.63. The van der Waals surface area contributed by atoms with E-state index in [0.717, 1.165) is 37.2 Å². The van der Waals surface area contributed by atoms with Crippen molar-refractivity contribution < 1.29 is 18.0 Å². The number of carbonyl (C=O) groups excluding carboxylic acids is 2. The number of anilines is 1. The van der Waals surface area contributed by atoms with Gasteiger partial charge in [-0.2, -0.15) is 0 Å². The van der Waals surface area contributed by atoms with Gasteiger partial charge in [-0.1, -0.05) is 42.0 Å². The minimum absolute atomic E-state index is 0.0295. The van der Waals surface area contributed by atoms with Crippen molar-refractivity contribution in [3.05, 3.63) is 89.0 Å². The fraction of sp³-hybridized carbons (Fsp3) is 0.310. The monoisotopic (exact) mass is 532 g/mol. The van der Waals surface area contributed by atoms with E-state index in [9.17, 15) is 18.0 Å². The van der Waals surface area contributed by atoms with E-state index in [0.29, 0.717) is 18.7 Å². The summed E-state index contributed by atoms with van der Waals surface area (Å²) in [5.74, 6) is -0.807. The van der Waals surface area contributed by atoms with E-state index in [-0.39, 0.29) is 26.9 Å². The number of benzene rings is 3. The second-order valence-electron chi connectivity index (χ2n) is 9.80. The Kier molecular flexibility index (Phi) is 7.60. The maximum Gasteiger partial charge on any atom is 0.274 e. The van der Waals surface area contributed by atoms with Gasteiger partial charge in [-0.15, -0.1) is 0 Å². The molecule has 0 saturated carbocycles. The van der Waals surface area contributed by atoms with Crippen LogP contribution < -0.4 is 15.8 Å². The number of rotatable bonds is 8. The molecule has 198 valence electrons. The van der Waals surface area contributed by atoms with Crippen molar-refractivity contribution in [2.75, 3.05) is 31.2 Å². The average molecular weight is 533 g/mol. The van der Waals surface area contributed by atoms with Gasteiger partial charge < -0.3 is 10.2 Å². The summed E-state index contributed by atoms with van der Waals surface area (Å²) in [5, 5.41) is 4.19. The number of likely N-dealkylation sites (tertiary alicyclic amines) is 1. The van der Waals surface area contributed by atoms with Crippen LogP contribution in [0.15, 0.2) is 76.5 Å². The molecule has 8 nitrogen and oxygen atoms in total. The van der Waals surface area contributed by atoms with Gasteiger partial charge >= 0.3 is 0 Å². The van der Waals surface area contributed by atoms with Gasteiger partial charge in [-0.05, 0) is 81.7 Å². The van der Waals surface area contributed by atoms with Gasteiger partial charge in [0.05, 0.1) is 21.0 Å². The molecular weight excluding hydrogens is 500 g/mol. The number of hydrogen-bond donors (Lipinski definition) is 2. The van der Waals surface area contributed by atoms with Crippen molar-refractivity contribution in [3.8, 4) is 0 Å². The van der Waals surface area contributed by atoms with Crippen LogP contribution in [0.5, 0.6) is 0 Å². The molecule has 0 bridgehead atoms. The predicted octanol–water partition coefficient (Wildman–Crippen LogP) is 3.71. The fourth-order valence-corrected chi connectivity index (χ4v) is 6.66. The molecular formula is C29H32N4O4S. The summed E-state index contributed by atoms with van der Waals surface area (Å²) in [6.45, 7) is 5.94. The molecule has 1 fully saturated rings. The number of sulfone groups is 1. The van der Waals surface area contributed by atoms with E-state index in [2.05, 4.69) is 15.6 Å². The topological polar surface area (TPSA) is 98.8 Å². The van der Waals surface area contributed by atoms with Crippen LogP contribution in [0.25, 0.3) is 0 Å². The molecule has 5 rings (SSSR count). The molecule has 2 amide bonds. The number of amides is 2. The number of hydrogen-bond acceptors (Lipinski definition) is 6. The lowest BCUT2D eigenvalue weighted by atomic mass is 10.1. The van der Waals surface area contributed by atoms with Crippen molar-refractivity contribution in [1.82, 2.24) is 15.6 Å². The highest BCUT2D eigenvalue weighted by Crippen LogP contribution is 2.36. The third kappa shape index (κ3) is 5.36. The predicted molar refractivity (Wildman–Crippen MR) is 146 cm³/mol. The maximum absolute atomic E-state index is 13.7. The first-order valence-electron chi connectivity index (χ1n) is 13.0.